The van der Waals surface area contributed by atoms with Crippen molar-refractivity contribution >= 4 is 64.3 Å². The average Bonchev–Trinajstić information content (AvgIpc) is 2.74. The van der Waals surface area contributed by atoms with Crippen LogP contribution in [0.25, 0.3) is 0 Å². The molecule has 134 valence electrons. The predicted octanol–water partition coefficient (Wildman–Crippen LogP) is 7.77. The van der Waals surface area contributed by atoms with Crippen LogP contribution in [-0.4, -0.2) is 29.0 Å². The Morgan fingerprint density at radius 1 is 0.958 bits per heavy atom. The lowest BCUT2D eigenvalue weighted by atomic mass is 10.2. The van der Waals surface area contributed by atoms with E-state index in [4.69, 9.17) is 45.0 Å². The number of hydrogen-bond donors (Lipinski definition) is 0. The molecule has 1 spiro atoms. The first kappa shape index (κ1) is 19.7. The van der Waals surface area contributed by atoms with E-state index in [1.54, 1.807) is 12.1 Å². The topological polar surface area (TPSA) is 43.6 Å². The van der Waals surface area contributed by atoms with E-state index in [1.807, 2.05) is 6.92 Å². The van der Waals surface area contributed by atoms with Crippen molar-refractivity contribution in [1.82, 2.24) is 9.34 Å². The van der Waals surface area contributed by atoms with E-state index >= 15 is 0 Å². The molecular weight excluding hydrogens is 456 g/mol. The van der Waals surface area contributed by atoms with Gasteiger partial charge in [0.15, 0.2) is 0 Å². The van der Waals surface area contributed by atoms with Gasteiger partial charge in [0, 0.05) is 26.2 Å². The second-order valence-electron chi connectivity index (χ2n) is 5.28. The molecule has 1 fully saturated rings. The summed E-state index contributed by atoms with van der Waals surface area (Å²) in [5.41, 5.74) is 0.947. The summed E-state index contributed by atoms with van der Waals surface area (Å²) in [6, 6.07) is 6.34. The highest BCUT2D eigenvalue weighted by atomic mass is 35.9. The fourth-order valence-electron chi connectivity index (χ4n) is 2.70. The Labute approximate surface area is 160 Å². The van der Waals surface area contributed by atoms with E-state index < -0.39 is 19.3 Å². The molecule has 0 N–H and O–H groups in total. The number of hydrogen-bond acceptors (Lipinski definition) is 5. The van der Waals surface area contributed by atoms with Gasteiger partial charge in [-0.15, -0.1) is 0 Å². The first-order valence-electron chi connectivity index (χ1n) is 7.11. The SMILES string of the molecule is CCN1CCN(Cc2ccc(F)cc2)P12=NP(Cl)(Cl)=NP(Cl)(Cl)=N2. The Balaban J connectivity index is 2.08. The molecule has 1 aromatic carbocycles. The first-order chi connectivity index (χ1) is 11.2. The highest BCUT2D eigenvalue weighted by molar-refractivity contribution is 8.20. The van der Waals surface area contributed by atoms with E-state index in [2.05, 4.69) is 22.9 Å². The molecule has 1 saturated heterocycles. The minimum atomic E-state index is -2.98. The van der Waals surface area contributed by atoms with Crippen molar-refractivity contribution in [1.29, 1.82) is 0 Å². The van der Waals surface area contributed by atoms with Crippen LogP contribution in [0.15, 0.2) is 37.8 Å². The largest absolute Gasteiger partial charge is 0.257 e. The molecule has 0 aliphatic carbocycles. The average molecular weight is 471 g/mol. The molecule has 2 aliphatic rings. The van der Waals surface area contributed by atoms with E-state index in [1.165, 1.54) is 12.1 Å². The molecule has 24 heavy (non-hydrogen) atoms. The highest BCUT2D eigenvalue weighted by Crippen LogP contribution is 2.87. The highest BCUT2D eigenvalue weighted by Gasteiger charge is 2.45. The van der Waals surface area contributed by atoms with Crippen LogP contribution in [0.3, 0.4) is 0 Å². The van der Waals surface area contributed by atoms with E-state index in [9.17, 15) is 4.39 Å². The van der Waals surface area contributed by atoms with Crippen LogP contribution in [0.2, 0.25) is 0 Å². The fourth-order valence-corrected chi connectivity index (χ4v) is 19.1. The molecule has 1 unspecified atom stereocenters. The summed E-state index contributed by atoms with van der Waals surface area (Å²) in [5.74, 6) is -6.24. The Morgan fingerprint density at radius 3 is 2.12 bits per heavy atom. The lowest BCUT2D eigenvalue weighted by Crippen LogP contribution is -2.18. The smallest absolute Gasteiger partial charge is 0.239 e. The lowest BCUT2D eigenvalue weighted by molar-refractivity contribution is 0.468. The molecule has 5 nitrogen and oxygen atoms in total. The van der Waals surface area contributed by atoms with E-state index in [-0.39, 0.29) is 5.82 Å². The third-order valence-electron chi connectivity index (χ3n) is 3.69. The summed E-state index contributed by atoms with van der Waals surface area (Å²) in [5, 5.41) is 0. The normalized spacial score (nSPS) is 29.1. The summed E-state index contributed by atoms with van der Waals surface area (Å²) in [6.07, 6.45) is 0. The molecule has 3 rings (SSSR count). The van der Waals surface area contributed by atoms with Crippen molar-refractivity contribution < 1.29 is 4.39 Å². The van der Waals surface area contributed by atoms with Crippen molar-refractivity contribution in [3.05, 3.63) is 35.6 Å². The standard InChI is InChI=1S/C11H15Cl4FN5P3/c1-2-20-7-8-21(9-10-3-5-11(16)6-4-10)24(20)18-22(12,13)17-23(14,15)19-24/h3-6H,2,7-9H2,1H3. The van der Waals surface area contributed by atoms with Gasteiger partial charge in [0.2, 0.25) is 7.51 Å². The van der Waals surface area contributed by atoms with Crippen molar-refractivity contribution in [3.8, 4) is 0 Å². The van der Waals surface area contributed by atoms with Crippen molar-refractivity contribution in [2.75, 3.05) is 19.6 Å². The molecular formula is C11H15Cl4FN5P3. The maximum Gasteiger partial charge on any atom is 0.257 e. The molecule has 0 aromatic heterocycles. The molecule has 0 amide bonds. The van der Waals surface area contributed by atoms with Gasteiger partial charge in [0.05, 0.1) is 0 Å². The van der Waals surface area contributed by atoms with Crippen LogP contribution in [0.1, 0.15) is 12.5 Å². The van der Waals surface area contributed by atoms with Gasteiger partial charge in [0.25, 0.3) is 11.8 Å². The van der Waals surface area contributed by atoms with E-state index in [0.717, 1.165) is 25.2 Å². The van der Waals surface area contributed by atoms with Gasteiger partial charge >= 0.3 is 0 Å². The second-order valence-corrected chi connectivity index (χ2v) is 18.1. The number of rotatable bonds is 3. The molecule has 1 atom stereocenters. The van der Waals surface area contributed by atoms with Gasteiger partial charge in [-0.05, 0) is 62.7 Å². The van der Waals surface area contributed by atoms with Gasteiger partial charge in [0.1, 0.15) is 5.82 Å². The molecule has 1 aromatic rings. The molecule has 2 heterocycles. The van der Waals surface area contributed by atoms with Crippen LogP contribution in [0, 0.1) is 5.82 Å². The predicted molar refractivity (Wildman–Crippen MR) is 106 cm³/mol. The number of likely N-dealkylation sites (N-methyl/N-ethyl adjacent to an activating group) is 1. The molecule has 0 radical (unpaired) electrons. The molecule has 0 bridgehead atoms. The number of benzene rings is 1. The quantitative estimate of drug-likeness (QED) is 0.423. The second kappa shape index (κ2) is 7.15. The summed E-state index contributed by atoms with van der Waals surface area (Å²) >= 11 is 25.2. The Morgan fingerprint density at radius 2 is 1.54 bits per heavy atom. The van der Waals surface area contributed by atoms with Crippen LogP contribution in [0.4, 0.5) is 4.39 Å². The number of nitrogens with zero attached hydrogens (tertiary/aromatic N) is 5. The summed E-state index contributed by atoms with van der Waals surface area (Å²) in [7, 11) is -2.58. The first-order valence-corrected chi connectivity index (χ1v) is 15.7. The number of halogens is 5. The van der Waals surface area contributed by atoms with Crippen molar-refractivity contribution in [3.63, 3.8) is 0 Å². The summed E-state index contributed by atoms with van der Waals surface area (Å²) in [6.45, 7) is 4.78. The third kappa shape index (κ3) is 4.09. The van der Waals surface area contributed by atoms with E-state index in [0.29, 0.717) is 6.54 Å². The van der Waals surface area contributed by atoms with Crippen molar-refractivity contribution in [2.24, 2.45) is 13.5 Å². The molecule has 2 aliphatic heterocycles. The maximum atomic E-state index is 13.1. The van der Waals surface area contributed by atoms with Crippen LogP contribution in [-0.2, 0) is 6.54 Å². The lowest BCUT2D eigenvalue weighted by Gasteiger charge is -2.35. The minimum absolute atomic E-state index is 0.274. The summed E-state index contributed by atoms with van der Waals surface area (Å²) in [4.78, 5) is 0. The van der Waals surface area contributed by atoms with Gasteiger partial charge in [-0.3, -0.25) is 0 Å². The molecule has 0 saturated carbocycles. The fraction of sp³-hybridized carbons (Fsp3) is 0.455. The Hall–Kier alpha value is 0.920. The van der Waals surface area contributed by atoms with Gasteiger partial charge in [-0.1, -0.05) is 19.1 Å². The van der Waals surface area contributed by atoms with Crippen molar-refractivity contribution in [2.45, 2.75) is 13.5 Å². The van der Waals surface area contributed by atoms with Gasteiger partial charge < -0.3 is 0 Å². The van der Waals surface area contributed by atoms with Crippen LogP contribution in [0.5, 0.6) is 0 Å². The zero-order chi connectivity index (χ0) is 17.6. The zero-order valence-electron chi connectivity index (χ0n) is 12.6. The maximum absolute atomic E-state index is 13.1. The van der Waals surface area contributed by atoms with Gasteiger partial charge in [-0.2, -0.15) is 13.5 Å². The molecule has 13 heteroatoms. The summed E-state index contributed by atoms with van der Waals surface area (Å²) < 4.78 is 30.7. The monoisotopic (exact) mass is 469 g/mol. The zero-order valence-corrected chi connectivity index (χ0v) is 18.3. The van der Waals surface area contributed by atoms with Crippen LogP contribution >= 0.6 is 64.3 Å². The Bertz CT molecular complexity index is 795. The third-order valence-corrected chi connectivity index (χ3v) is 16.3. The van der Waals surface area contributed by atoms with Crippen LogP contribution < -0.4 is 0 Å². The minimum Gasteiger partial charge on any atom is -0.239 e. The Kier molecular flexibility index (Phi) is 5.86. The van der Waals surface area contributed by atoms with Gasteiger partial charge in [-0.25, -0.2) is 13.7 Å².